The fraction of sp³-hybridized carbons (Fsp3) is 0.200. The molecule has 0 saturated heterocycles. The summed E-state index contributed by atoms with van der Waals surface area (Å²) in [5.41, 5.74) is -4.74. The average molecular weight is 379 g/mol. The number of halogens is 7. The Hall–Kier alpha value is -2.47. The quantitative estimate of drug-likeness (QED) is 0.684. The van der Waals surface area contributed by atoms with Crippen LogP contribution >= 0.6 is 11.6 Å². The summed E-state index contributed by atoms with van der Waals surface area (Å²) in [5, 5.41) is 8.87. The zero-order valence-corrected chi connectivity index (χ0v) is 12.6. The normalized spacial score (nSPS) is 16.0. The van der Waals surface area contributed by atoms with Crippen molar-refractivity contribution in [1.82, 2.24) is 4.57 Å². The molecule has 0 amide bonds. The first kappa shape index (κ1) is 17.4. The maximum atomic E-state index is 14.4. The van der Waals surface area contributed by atoms with Crippen LogP contribution in [0.3, 0.4) is 0 Å². The molecular weight excluding hydrogens is 374 g/mol. The van der Waals surface area contributed by atoms with Gasteiger partial charge in [-0.05, 0) is 18.2 Å². The Kier molecular flexibility index (Phi) is 3.65. The maximum Gasteiger partial charge on any atom is 0.421 e. The van der Waals surface area contributed by atoms with E-state index in [0.29, 0.717) is 0 Å². The molecule has 0 fully saturated rings. The van der Waals surface area contributed by atoms with E-state index in [0.717, 1.165) is 18.2 Å². The van der Waals surface area contributed by atoms with Crippen molar-refractivity contribution in [3.05, 3.63) is 51.6 Å². The van der Waals surface area contributed by atoms with E-state index >= 15 is 0 Å². The molecule has 25 heavy (non-hydrogen) atoms. The van der Waals surface area contributed by atoms with Gasteiger partial charge in [0.25, 0.3) is 0 Å². The second kappa shape index (κ2) is 5.26. The molecule has 10 heteroatoms. The van der Waals surface area contributed by atoms with E-state index in [-0.39, 0.29) is 20.8 Å². The third kappa shape index (κ3) is 2.48. The molecule has 0 spiro atoms. The van der Waals surface area contributed by atoms with Gasteiger partial charge < -0.3 is 0 Å². The predicted molar refractivity (Wildman–Crippen MR) is 73.4 cm³/mol. The molecule has 0 N–H and O–H groups in total. The summed E-state index contributed by atoms with van der Waals surface area (Å²) in [6.07, 6.45) is -6.72. The Morgan fingerprint density at radius 2 is 1.92 bits per heavy atom. The van der Waals surface area contributed by atoms with Crippen LogP contribution in [0.1, 0.15) is 27.2 Å². The largest absolute Gasteiger partial charge is 0.421 e. The van der Waals surface area contributed by atoms with Gasteiger partial charge in [0.1, 0.15) is 11.6 Å². The Balaban J connectivity index is 2.36. The SMILES string of the molecule is N#Cc1cc(-n2c(F)c(C(F)(F)F)c3c2CC(F)(F)C3=O)ccc1Cl. The number of carbonyl (C=O) groups is 1. The van der Waals surface area contributed by atoms with Gasteiger partial charge >= 0.3 is 12.1 Å². The van der Waals surface area contributed by atoms with E-state index in [1.165, 1.54) is 0 Å². The van der Waals surface area contributed by atoms with Crippen molar-refractivity contribution in [3.8, 4) is 11.8 Å². The van der Waals surface area contributed by atoms with E-state index in [1.807, 2.05) is 0 Å². The zero-order chi connectivity index (χ0) is 18.7. The lowest BCUT2D eigenvalue weighted by molar-refractivity contribution is -0.140. The summed E-state index contributed by atoms with van der Waals surface area (Å²) >= 11 is 5.71. The third-order valence-electron chi connectivity index (χ3n) is 3.77. The first-order valence-electron chi connectivity index (χ1n) is 6.62. The minimum Gasteiger partial charge on any atom is -0.289 e. The van der Waals surface area contributed by atoms with Crippen LogP contribution in [0, 0.1) is 17.3 Å². The molecule has 0 bridgehead atoms. The molecule has 3 nitrogen and oxygen atoms in total. The van der Waals surface area contributed by atoms with Crippen LogP contribution in [-0.4, -0.2) is 16.3 Å². The second-order valence-electron chi connectivity index (χ2n) is 5.31. The molecule has 0 unspecified atom stereocenters. The lowest BCUT2D eigenvalue weighted by Crippen LogP contribution is -2.26. The minimum absolute atomic E-state index is 0.0482. The molecule has 1 aromatic carbocycles. The van der Waals surface area contributed by atoms with E-state index in [9.17, 15) is 31.1 Å². The van der Waals surface area contributed by atoms with Gasteiger partial charge in [-0.15, -0.1) is 0 Å². The first-order valence-corrected chi connectivity index (χ1v) is 6.99. The summed E-state index contributed by atoms with van der Waals surface area (Å²) in [6, 6.07) is 4.78. The summed E-state index contributed by atoms with van der Waals surface area (Å²) in [5.74, 6) is -8.04. The number of hydrogen-bond donors (Lipinski definition) is 0. The highest BCUT2D eigenvalue weighted by molar-refractivity contribution is 6.31. The smallest absolute Gasteiger partial charge is 0.289 e. The molecule has 2 aromatic rings. The lowest BCUT2D eigenvalue weighted by Gasteiger charge is -2.13. The van der Waals surface area contributed by atoms with Crippen LogP contribution in [0.4, 0.5) is 26.3 Å². The van der Waals surface area contributed by atoms with Gasteiger partial charge in [0, 0.05) is 11.4 Å². The molecule has 0 atom stereocenters. The maximum absolute atomic E-state index is 14.4. The van der Waals surface area contributed by atoms with Crippen LogP contribution in [0.25, 0.3) is 5.69 Å². The third-order valence-corrected chi connectivity index (χ3v) is 4.10. The Bertz CT molecular complexity index is 954. The molecule has 0 radical (unpaired) electrons. The average Bonchev–Trinajstić information content (AvgIpc) is 2.89. The number of fused-ring (bicyclic) bond motifs is 1. The van der Waals surface area contributed by atoms with Gasteiger partial charge in [0.15, 0.2) is 0 Å². The Labute approximate surface area is 141 Å². The van der Waals surface area contributed by atoms with Gasteiger partial charge in [-0.3, -0.25) is 9.36 Å². The number of hydrogen-bond acceptors (Lipinski definition) is 2. The van der Waals surface area contributed by atoms with Crippen molar-refractivity contribution in [3.63, 3.8) is 0 Å². The molecule has 0 aliphatic heterocycles. The standard InChI is InChI=1S/C15H5ClF6N2O/c16-8-2-1-7(3-6(8)5-23)24-9-4-14(18,19)12(25)10(9)11(13(24)17)15(20,21)22/h1-3H,4H2. The highest BCUT2D eigenvalue weighted by atomic mass is 35.5. The predicted octanol–water partition coefficient (Wildman–Crippen LogP) is 4.53. The number of carbonyl (C=O) groups excluding carboxylic acids is 1. The fourth-order valence-corrected chi connectivity index (χ4v) is 2.90. The number of nitriles is 1. The van der Waals surface area contributed by atoms with E-state index in [4.69, 9.17) is 16.9 Å². The molecule has 0 saturated carbocycles. The highest BCUT2D eigenvalue weighted by Crippen LogP contribution is 2.45. The molecule has 1 aliphatic carbocycles. The van der Waals surface area contributed by atoms with Crippen molar-refractivity contribution >= 4 is 17.4 Å². The Morgan fingerprint density at radius 3 is 2.48 bits per heavy atom. The molecule has 1 aliphatic rings. The van der Waals surface area contributed by atoms with Gasteiger partial charge in [-0.1, -0.05) is 11.6 Å². The van der Waals surface area contributed by atoms with Crippen molar-refractivity contribution in [2.45, 2.75) is 18.5 Å². The number of aromatic nitrogens is 1. The number of nitrogens with zero attached hydrogens (tertiary/aromatic N) is 2. The Morgan fingerprint density at radius 1 is 1.28 bits per heavy atom. The lowest BCUT2D eigenvalue weighted by atomic mass is 10.1. The first-order chi connectivity index (χ1) is 11.5. The molecule has 130 valence electrons. The highest BCUT2D eigenvalue weighted by Gasteiger charge is 2.55. The van der Waals surface area contributed by atoms with Crippen LogP contribution in [0.15, 0.2) is 18.2 Å². The van der Waals surface area contributed by atoms with Crippen molar-refractivity contribution in [2.24, 2.45) is 0 Å². The molecule has 3 rings (SSSR count). The van der Waals surface area contributed by atoms with E-state index < -0.39 is 47.1 Å². The summed E-state index contributed by atoms with van der Waals surface area (Å²) in [6.45, 7) is 0. The number of rotatable bonds is 1. The number of benzene rings is 1. The molecule has 1 aromatic heterocycles. The zero-order valence-electron chi connectivity index (χ0n) is 11.9. The van der Waals surface area contributed by atoms with Crippen LogP contribution < -0.4 is 0 Å². The fourth-order valence-electron chi connectivity index (χ4n) is 2.74. The molecule has 1 heterocycles. The molecular formula is C15H5ClF6N2O. The minimum atomic E-state index is -5.35. The second-order valence-corrected chi connectivity index (χ2v) is 5.71. The van der Waals surface area contributed by atoms with Crippen LogP contribution in [0.5, 0.6) is 0 Å². The summed E-state index contributed by atoms with van der Waals surface area (Å²) in [4.78, 5) is 11.7. The van der Waals surface area contributed by atoms with Crippen molar-refractivity contribution < 1.29 is 31.1 Å². The van der Waals surface area contributed by atoms with E-state index in [1.54, 1.807) is 6.07 Å². The van der Waals surface area contributed by atoms with Gasteiger partial charge in [-0.2, -0.15) is 31.6 Å². The van der Waals surface area contributed by atoms with E-state index in [2.05, 4.69) is 0 Å². The van der Waals surface area contributed by atoms with Gasteiger partial charge in [-0.25, -0.2) is 0 Å². The van der Waals surface area contributed by atoms with Crippen LogP contribution in [-0.2, 0) is 12.6 Å². The van der Waals surface area contributed by atoms with Crippen molar-refractivity contribution in [2.75, 3.05) is 0 Å². The number of alkyl halides is 5. The van der Waals surface area contributed by atoms with Crippen LogP contribution in [0.2, 0.25) is 5.02 Å². The van der Waals surface area contributed by atoms with Gasteiger partial charge in [0.2, 0.25) is 11.7 Å². The topological polar surface area (TPSA) is 45.8 Å². The number of Topliss-reactive ketones (excluding diaryl/α,β-unsaturated/α-hetero) is 1. The monoisotopic (exact) mass is 378 g/mol. The summed E-state index contributed by atoms with van der Waals surface area (Å²) < 4.78 is 81.4. The van der Waals surface area contributed by atoms with Gasteiger partial charge in [0.05, 0.1) is 22.6 Å². The van der Waals surface area contributed by atoms with Crippen molar-refractivity contribution in [1.29, 1.82) is 5.26 Å². The summed E-state index contributed by atoms with van der Waals surface area (Å²) in [7, 11) is 0. The number of ketones is 1.